The van der Waals surface area contributed by atoms with Crippen LogP contribution in [0.3, 0.4) is 0 Å². The number of halogens is 4. The zero-order chi connectivity index (χ0) is 19.8. The molecule has 3 rings (SSSR count). The summed E-state index contributed by atoms with van der Waals surface area (Å²) in [5, 5.41) is 1.64. The second-order valence-electron chi connectivity index (χ2n) is 8.88. The van der Waals surface area contributed by atoms with E-state index in [1.807, 2.05) is 0 Å². The molecule has 0 aromatic rings. The van der Waals surface area contributed by atoms with Gasteiger partial charge in [0, 0.05) is 11.3 Å². The van der Waals surface area contributed by atoms with Crippen molar-refractivity contribution in [1.82, 2.24) is 5.32 Å². The van der Waals surface area contributed by atoms with Crippen LogP contribution in [-0.4, -0.2) is 17.9 Å². The Morgan fingerprint density at radius 3 is 2.27 bits per heavy atom. The van der Waals surface area contributed by atoms with Gasteiger partial charge in [-0.15, -0.1) is 0 Å². The van der Waals surface area contributed by atoms with Crippen LogP contribution in [0.2, 0.25) is 0 Å². The molecular weight excluding hydrogens is 367 g/mol. The molecule has 0 saturated heterocycles. The lowest BCUT2D eigenvalue weighted by Crippen LogP contribution is -2.28. The first-order valence-electron chi connectivity index (χ1n) is 8.70. The summed E-state index contributed by atoms with van der Waals surface area (Å²) >= 11 is 5.33. The summed E-state index contributed by atoms with van der Waals surface area (Å²) in [5.74, 6) is -1.05. The molecule has 0 aromatic carbocycles. The van der Waals surface area contributed by atoms with Crippen LogP contribution in [-0.2, 0) is 9.59 Å². The molecule has 0 spiro atoms. The van der Waals surface area contributed by atoms with Crippen LogP contribution in [0, 0.1) is 34.5 Å². The molecule has 0 unspecified atom stereocenters. The van der Waals surface area contributed by atoms with E-state index < -0.39 is 28.5 Å². The summed E-state index contributed by atoms with van der Waals surface area (Å²) in [6, 6.07) is 0. The molecule has 144 valence electrons. The van der Waals surface area contributed by atoms with Gasteiger partial charge in [-0.1, -0.05) is 45.4 Å². The fraction of sp³-hybridized carbons (Fsp3) is 0.684. The van der Waals surface area contributed by atoms with Crippen LogP contribution in [0.4, 0.5) is 13.2 Å². The number of ketones is 1. The zero-order valence-electron chi connectivity index (χ0n) is 15.4. The Bertz CT molecular complexity index is 748. The molecule has 0 radical (unpaired) electrons. The van der Waals surface area contributed by atoms with Gasteiger partial charge in [0.1, 0.15) is 5.03 Å². The molecule has 0 aliphatic heterocycles. The lowest BCUT2D eigenvalue weighted by molar-refractivity contribution is -0.122. The first-order valence-corrected chi connectivity index (χ1v) is 9.07. The van der Waals surface area contributed by atoms with Crippen molar-refractivity contribution in [3.05, 3.63) is 22.4 Å². The maximum atomic E-state index is 12.7. The SMILES string of the molecule is CC(=O)C1=C(NC(=O)[C@@H]2[C@H](/C=C(\Cl)C(F)(F)F)C2(C)C)C[C@@H]2[C@H]1C2(C)C. The summed E-state index contributed by atoms with van der Waals surface area (Å²) in [5.41, 5.74) is 0.781. The summed E-state index contributed by atoms with van der Waals surface area (Å²) in [7, 11) is 0. The third-order valence-corrected chi connectivity index (χ3v) is 6.89. The maximum Gasteiger partial charge on any atom is 0.426 e. The lowest BCUT2D eigenvalue weighted by Gasteiger charge is -2.16. The van der Waals surface area contributed by atoms with Gasteiger partial charge in [0.05, 0.1) is 5.92 Å². The summed E-state index contributed by atoms with van der Waals surface area (Å²) in [6.07, 6.45) is -3.04. The number of alkyl halides is 3. The topological polar surface area (TPSA) is 46.2 Å². The van der Waals surface area contributed by atoms with Crippen molar-refractivity contribution >= 4 is 23.3 Å². The summed E-state index contributed by atoms with van der Waals surface area (Å²) in [4.78, 5) is 24.7. The van der Waals surface area contributed by atoms with Crippen LogP contribution >= 0.6 is 11.6 Å². The quantitative estimate of drug-likeness (QED) is 0.765. The number of carbonyl (C=O) groups is 2. The average Bonchev–Trinajstić information content (AvgIpc) is 3.06. The molecule has 0 aromatic heterocycles. The summed E-state index contributed by atoms with van der Waals surface area (Å²) in [6.45, 7) is 9.19. The molecule has 0 bridgehead atoms. The number of nitrogens with one attached hydrogen (secondary N) is 1. The van der Waals surface area contributed by atoms with Crippen LogP contribution in [0.15, 0.2) is 22.4 Å². The Morgan fingerprint density at radius 1 is 1.19 bits per heavy atom. The fourth-order valence-electron chi connectivity index (χ4n) is 4.73. The minimum absolute atomic E-state index is 0.0509. The van der Waals surface area contributed by atoms with E-state index in [0.29, 0.717) is 23.6 Å². The van der Waals surface area contributed by atoms with Crippen LogP contribution in [0.1, 0.15) is 41.0 Å². The van der Waals surface area contributed by atoms with E-state index in [4.69, 9.17) is 11.6 Å². The minimum Gasteiger partial charge on any atom is -0.329 e. The van der Waals surface area contributed by atoms with Crippen LogP contribution in [0.25, 0.3) is 0 Å². The number of fused-ring (bicyclic) bond motifs is 1. The molecule has 7 heteroatoms. The van der Waals surface area contributed by atoms with E-state index in [9.17, 15) is 22.8 Å². The highest BCUT2D eigenvalue weighted by Gasteiger charge is 2.65. The van der Waals surface area contributed by atoms with Crippen molar-refractivity contribution < 1.29 is 22.8 Å². The minimum atomic E-state index is -4.61. The van der Waals surface area contributed by atoms with Crippen molar-refractivity contribution in [3.8, 4) is 0 Å². The number of allylic oxidation sites excluding steroid dienone is 4. The number of amides is 1. The van der Waals surface area contributed by atoms with E-state index >= 15 is 0 Å². The summed E-state index contributed by atoms with van der Waals surface area (Å²) < 4.78 is 38.0. The Hall–Kier alpha value is -1.30. The van der Waals surface area contributed by atoms with E-state index in [-0.39, 0.29) is 23.0 Å². The van der Waals surface area contributed by atoms with E-state index in [0.717, 1.165) is 6.08 Å². The van der Waals surface area contributed by atoms with Gasteiger partial charge in [0.25, 0.3) is 0 Å². The van der Waals surface area contributed by atoms with Crippen molar-refractivity contribution in [3.63, 3.8) is 0 Å². The molecule has 2 fully saturated rings. The van der Waals surface area contributed by atoms with Gasteiger partial charge in [-0.25, -0.2) is 0 Å². The highest BCUT2D eigenvalue weighted by molar-refractivity contribution is 6.30. The number of Topliss-reactive ketones (excluding diaryl/α,β-unsaturated/α-hetero) is 1. The first-order chi connectivity index (χ1) is 11.7. The molecule has 3 aliphatic carbocycles. The van der Waals surface area contributed by atoms with Crippen LogP contribution < -0.4 is 5.32 Å². The molecule has 4 atom stereocenters. The molecule has 3 nitrogen and oxygen atoms in total. The van der Waals surface area contributed by atoms with E-state index in [1.165, 1.54) is 6.92 Å². The van der Waals surface area contributed by atoms with Crippen molar-refractivity contribution in [2.45, 2.75) is 47.2 Å². The average molecular weight is 390 g/mol. The van der Waals surface area contributed by atoms with Crippen molar-refractivity contribution in [2.24, 2.45) is 34.5 Å². The van der Waals surface area contributed by atoms with Gasteiger partial charge in [-0.2, -0.15) is 13.2 Å². The largest absolute Gasteiger partial charge is 0.426 e. The van der Waals surface area contributed by atoms with Gasteiger partial charge in [0.15, 0.2) is 5.78 Å². The second kappa shape index (κ2) is 5.60. The van der Waals surface area contributed by atoms with E-state index in [1.54, 1.807) is 13.8 Å². The Balaban J connectivity index is 1.76. The Labute approximate surface area is 156 Å². The lowest BCUT2D eigenvalue weighted by atomic mass is 9.96. The molecule has 0 heterocycles. The number of carbonyl (C=O) groups excluding carboxylic acids is 2. The molecule has 1 amide bonds. The van der Waals surface area contributed by atoms with Gasteiger partial charge in [-0.3, -0.25) is 9.59 Å². The maximum absolute atomic E-state index is 12.7. The van der Waals surface area contributed by atoms with Gasteiger partial charge in [0.2, 0.25) is 5.91 Å². The fourth-order valence-corrected chi connectivity index (χ4v) is 4.87. The first kappa shape index (κ1) is 19.5. The Morgan fingerprint density at radius 2 is 1.77 bits per heavy atom. The number of hydrogen-bond acceptors (Lipinski definition) is 2. The van der Waals surface area contributed by atoms with Gasteiger partial charge in [-0.05, 0) is 41.9 Å². The smallest absolute Gasteiger partial charge is 0.329 e. The second-order valence-corrected chi connectivity index (χ2v) is 9.29. The molecule has 26 heavy (non-hydrogen) atoms. The monoisotopic (exact) mass is 389 g/mol. The highest BCUT2D eigenvalue weighted by Crippen LogP contribution is 2.68. The predicted molar refractivity (Wildman–Crippen MR) is 92.0 cm³/mol. The van der Waals surface area contributed by atoms with Crippen molar-refractivity contribution in [2.75, 3.05) is 0 Å². The zero-order valence-corrected chi connectivity index (χ0v) is 16.2. The number of hydrogen-bond donors (Lipinski definition) is 1. The van der Waals surface area contributed by atoms with E-state index in [2.05, 4.69) is 19.2 Å². The normalized spacial score (nSPS) is 34.4. The molecule has 3 aliphatic rings. The Kier molecular flexibility index (Phi) is 4.19. The molecule has 2 saturated carbocycles. The number of rotatable bonds is 4. The highest BCUT2D eigenvalue weighted by atomic mass is 35.5. The molecular formula is C19H23ClF3NO2. The van der Waals surface area contributed by atoms with Crippen molar-refractivity contribution in [1.29, 1.82) is 0 Å². The van der Waals surface area contributed by atoms with Crippen LogP contribution in [0.5, 0.6) is 0 Å². The van der Waals surface area contributed by atoms with Gasteiger partial charge >= 0.3 is 6.18 Å². The van der Waals surface area contributed by atoms with Gasteiger partial charge < -0.3 is 5.32 Å². The third-order valence-electron chi connectivity index (χ3n) is 6.55. The predicted octanol–water partition coefficient (Wildman–Crippen LogP) is 4.58. The molecule has 1 N–H and O–H groups in total. The standard InChI is InChI=1S/C19H23ClF3NO2/c1-8(25)13-11(6-9-14(13)17(9,2)3)24-16(26)15-10(18(15,4)5)7-12(20)19(21,22)23/h7,9-10,14-15H,6H2,1-5H3,(H,24,26)/b12-7-/t9-,10+,14-,15+/m1/s1. The third kappa shape index (κ3) is 2.90.